The Labute approximate surface area is 125 Å². The second kappa shape index (κ2) is 7.08. The maximum atomic E-state index is 6.19. The number of rotatable bonds is 6. The summed E-state index contributed by atoms with van der Waals surface area (Å²) in [6, 6.07) is 5.65. The number of nitrogens with two attached hydrogens (primary N) is 1. The highest BCUT2D eigenvalue weighted by Gasteiger charge is 2.10. The zero-order chi connectivity index (χ0) is 13.7. The molecule has 1 heterocycles. The maximum Gasteiger partial charge on any atom is 0.104 e. The van der Waals surface area contributed by atoms with Gasteiger partial charge in [-0.25, -0.2) is 0 Å². The van der Waals surface area contributed by atoms with E-state index < -0.39 is 0 Å². The number of halogens is 1. The Balaban J connectivity index is 1.77. The Morgan fingerprint density at radius 3 is 2.74 bits per heavy atom. The highest BCUT2D eigenvalue weighted by Crippen LogP contribution is 2.23. The molecule has 1 fully saturated rings. The summed E-state index contributed by atoms with van der Waals surface area (Å²) >= 11 is 11.1. The van der Waals surface area contributed by atoms with Crippen LogP contribution in [-0.4, -0.2) is 36.1 Å². The lowest BCUT2D eigenvalue weighted by atomic mass is 10.2. The van der Waals surface area contributed by atoms with Crippen LogP contribution in [0, 0.1) is 0 Å². The molecular formula is C14H20ClN3S. The molecule has 5 heteroatoms. The lowest BCUT2D eigenvalue weighted by Crippen LogP contribution is -2.22. The molecule has 1 saturated heterocycles. The molecule has 0 unspecified atom stereocenters. The van der Waals surface area contributed by atoms with E-state index in [1.807, 2.05) is 18.2 Å². The summed E-state index contributed by atoms with van der Waals surface area (Å²) in [4.78, 5) is 2.89. The molecule has 1 aliphatic rings. The van der Waals surface area contributed by atoms with E-state index in [0.717, 1.165) is 30.8 Å². The molecule has 0 atom stereocenters. The van der Waals surface area contributed by atoms with Crippen molar-refractivity contribution in [2.75, 3.05) is 31.5 Å². The zero-order valence-corrected chi connectivity index (χ0v) is 12.6. The number of thiocarbonyl (C=S) groups is 1. The van der Waals surface area contributed by atoms with Gasteiger partial charge in [0.2, 0.25) is 0 Å². The number of nitrogens with one attached hydrogen (secondary N) is 1. The lowest BCUT2D eigenvalue weighted by molar-refractivity contribution is 0.337. The van der Waals surface area contributed by atoms with Crippen molar-refractivity contribution >= 4 is 34.5 Å². The topological polar surface area (TPSA) is 41.3 Å². The monoisotopic (exact) mass is 297 g/mol. The molecule has 0 amide bonds. The van der Waals surface area contributed by atoms with Gasteiger partial charge in [-0.15, -0.1) is 0 Å². The van der Waals surface area contributed by atoms with Gasteiger partial charge in [-0.2, -0.15) is 0 Å². The number of hydrogen-bond donors (Lipinski definition) is 2. The minimum absolute atomic E-state index is 0.377. The molecule has 1 aromatic rings. The molecule has 0 bridgehead atoms. The molecule has 0 radical (unpaired) electrons. The van der Waals surface area contributed by atoms with Gasteiger partial charge < -0.3 is 16.0 Å². The van der Waals surface area contributed by atoms with Crippen LogP contribution in [-0.2, 0) is 0 Å². The highest BCUT2D eigenvalue weighted by atomic mass is 35.5. The Morgan fingerprint density at radius 1 is 1.37 bits per heavy atom. The lowest BCUT2D eigenvalue weighted by Gasteiger charge is -2.15. The van der Waals surface area contributed by atoms with Crippen molar-refractivity contribution in [2.24, 2.45) is 5.73 Å². The molecule has 0 aromatic heterocycles. The fraction of sp³-hybridized carbons (Fsp3) is 0.500. The van der Waals surface area contributed by atoms with Crippen LogP contribution >= 0.6 is 23.8 Å². The second-order valence-electron chi connectivity index (χ2n) is 4.89. The van der Waals surface area contributed by atoms with Crippen molar-refractivity contribution in [1.82, 2.24) is 4.90 Å². The zero-order valence-electron chi connectivity index (χ0n) is 11.0. The first-order valence-corrected chi connectivity index (χ1v) is 7.51. The van der Waals surface area contributed by atoms with Gasteiger partial charge in [0, 0.05) is 12.1 Å². The third kappa shape index (κ3) is 4.34. The summed E-state index contributed by atoms with van der Waals surface area (Å²) in [5.74, 6) is 0. The van der Waals surface area contributed by atoms with Crippen LogP contribution in [0.5, 0.6) is 0 Å². The molecule has 0 aliphatic carbocycles. The van der Waals surface area contributed by atoms with Crippen molar-refractivity contribution in [3.63, 3.8) is 0 Å². The molecule has 104 valence electrons. The van der Waals surface area contributed by atoms with Crippen molar-refractivity contribution in [1.29, 1.82) is 0 Å². The molecule has 2 rings (SSSR count). The molecule has 3 N–H and O–H groups in total. The average Bonchev–Trinajstić information content (AvgIpc) is 2.89. The molecule has 19 heavy (non-hydrogen) atoms. The van der Waals surface area contributed by atoms with Gasteiger partial charge in [-0.05, 0) is 57.1 Å². The summed E-state index contributed by atoms with van der Waals surface area (Å²) in [7, 11) is 0. The summed E-state index contributed by atoms with van der Waals surface area (Å²) in [5, 5.41) is 4.03. The van der Waals surface area contributed by atoms with Crippen molar-refractivity contribution in [3.05, 3.63) is 28.8 Å². The molecule has 1 aliphatic heterocycles. The van der Waals surface area contributed by atoms with Crippen LogP contribution in [0.2, 0.25) is 5.02 Å². The quantitative estimate of drug-likeness (QED) is 0.626. The predicted octanol–water partition coefficient (Wildman–Crippen LogP) is 2.87. The molecule has 1 aromatic carbocycles. The van der Waals surface area contributed by atoms with Gasteiger partial charge in [0.25, 0.3) is 0 Å². The minimum Gasteiger partial charge on any atom is -0.389 e. The van der Waals surface area contributed by atoms with Gasteiger partial charge in [-0.1, -0.05) is 23.8 Å². The molecule has 0 saturated carbocycles. The largest absolute Gasteiger partial charge is 0.389 e. The van der Waals surface area contributed by atoms with Crippen LogP contribution in [0.25, 0.3) is 0 Å². The van der Waals surface area contributed by atoms with Gasteiger partial charge in [-0.3, -0.25) is 0 Å². The average molecular weight is 298 g/mol. The first-order chi connectivity index (χ1) is 9.16. The smallest absolute Gasteiger partial charge is 0.104 e. The maximum absolute atomic E-state index is 6.19. The Bertz CT molecular complexity index is 444. The van der Waals surface area contributed by atoms with Gasteiger partial charge in [0.05, 0.1) is 10.7 Å². The van der Waals surface area contributed by atoms with Crippen LogP contribution in [0.1, 0.15) is 24.8 Å². The summed E-state index contributed by atoms with van der Waals surface area (Å²) in [6.07, 6.45) is 3.83. The highest BCUT2D eigenvalue weighted by molar-refractivity contribution is 7.80. The first kappa shape index (κ1) is 14.6. The minimum atomic E-state index is 0.377. The second-order valence-corrected chi connectivity index (χ2v) is 5.73. The summed E-state index contributed by atoms with van der Waals surface area (Å²) in [6.45, 7) is 4.60. The Morgan fingerprint density at radius 2 is 2.11 bits per heavy atom. The Kier molecular flexibility index (Phi) is 5.43. The molecule has 3 nitrogen and oxygen atoms in total. The third-order valence-corrected chi connectivity index (χ3v) is 3.97. The van der Waals surface area contributed by atoms with Gasteiger partial charge in [0.15, 0.2) is 0 Å². The fourth-order valence-electron chi connectivity index (χ4n) is 2.34. The molecular weight excluding hydrogens is 278 g/mol. The SMILES string of the molecule is NC(=S)c1ccc(NCCCN2CCCC2)c(Cl)c1. The van der Waals surface area contributed by atoms with Crippen molar-refractivity contribution in [3.8, 4) is 0 Å². The third-order valence-electron chi connectivity index (χ3n) is 3.42. The van der Waals surface area contributed by atoms with E-state index in [-0.39, 0.29) is 0 Å². The number of likely N-dealkylation sites (tertiary alicyclic amines) is 1. The Hall–Kier alpha value is -0.840. The summed E-state index contributed by atoms with van der Waals surface area (Å²) < 4.78 is 0. The van der Waals surface area contributed by atoms with Crippen LogP contribution in [0.15, 0.2) is 18.2 Å². The normalized spacial score (nSPS) is 15.6. The van der Waals surface area contributed by atoms with E-state index in [4.69, 9.17) is 29.6 Å². The number of nitrogens with zero attached hydrogens (tertiary/aromatic N) is 1. The van der Waals surface area contributed by atoms with Gasteiger partial charge >= 0.3 is 0 Å². The fourth-order valence-corrected chi connectivity index (χ4v) is 2.72. The van der Waals surface area contributed by atoms with Crippen LogP contribution in [0.3, 0.4) is 0 Å². The van der Waals surface area contributed by atoms with E-state index in [9.17, 15) is 0 Å². The van der Waals surface area contributed by atoms with Gasteiger partial charge in [0.1, 0.15) is 4.99 Å². The summed E-state index contributed by atoms with van der Waals surface area (Å²) in [5.41, 5.74) is 7.33. The standard InChI is InChI=1S/C14H20ClN3S/c15-12-10-11(14(16)19)4-5-13(12)17-6-3-9-18-7-1-2-8-18/h4-5,10,17H,1-3,6-9H2,(H2,16,19). The molecule has 0 spiro atoms. The number of hydrogen-bond acceptors (Lipinski definition) is 3. The predicted molar refractivity (Wildman–Crippen MR) is 86.1 cm³/mol. The van der Waals surface area contributed by atoms with E-state index >= 15 is 0 Å². The number of anilines is 1. The van der Waals surface area contributed by atoms with Crippen LogP contribution in [0.4, 0.5) is 5.69 Å². The van der Waals surface area contributed by atoms with E-state index in [1.165, 1.54) is 25.9 Å². The number of benzene rings is 1. The van der Waals surface area contributed by atoms with Crippen LogP contribution < -0.4 is 11.1 Å². The van der Waals surface area contributed by atoms with Crippen molar-refractivity contribution in [2.45, 2.75) is 19.3 Å². The first-order valence-electron chi connectivity index (χ1n) is 6.72. The van der Waals surface area contributed by atoms with E-state index in [2.05, 4.69) is 10.2 Å². The van der Waals surface area contributed by atoms with E-state index in [0.29, 0.717) is 10.0 Å². The van der Waals surface area contributed by atoms with Crippen molar-refractivity contribution < 1.29 is 0 Å². The van der Waals surface area contributed by atoms with E-state index in [1.54, 1.807) is 0 Å².